The van der Waals surface area contributed by atoms with Crippen molar-refractivity contribution in [1.82, 2.24) is 0 Å². The van der Waals surface area contributed by atoms with Gasteiger partial charge in [-0.3, -0.25) is 0 Å². The van der Waals surface area contributed by atoms with Gasteiger partial charge in [-0.05, 0) is 36.4 Å². The maximum absolute atomic E-state index is 6.12. The summed E-state index contributed by atoms with van der Waals surface area (Å²) in [6, 6.07) is 11.8. The maximum atomic E-state index is 6.12. The number of nitrogens with zero attached hydrogens (tertiary/aromatic N) is 1. The van der Waals surface area contributed by atoms with Gasteiger partial charge in [0.2, 0.25) is 0 Å². The highest BCUT2D eigenvalue weighted by Gasteiger charge is 2.19. The summed E-state index contributed by atoms with van der Waals surface area (Å²) in [5.41, 5.74) is 9.00. The Kier molecular flexibility index (Phi) is 4.17. The molecule has 1 aliphatic rings. The Bertz CT molecular complexity index is 663. The van der Waals surface area contributed by atoms with Crippen molar-refractivity contribution < 1.29 is 4.74 Å². The first-order chi connectivity index (χ1) is 10.2. The fourth-order valence-corrected chi connectivity index (χ4v) is 3.76. The van der Waals surface area contributed by atoms with Gasteiger partial charge in [0.05, 0.1) is 12.8 Å². The largest absolute Gasteiger partial charge is 0.496 e. The lowest BCUT2D eigenvalue weighted by molar-refractivity contribution is 0.409. The number of methoxy groups -OCH3 is 1. The number of fused-ring (bicyclic) bond motifs is 1. The molecular formula is C16H17ClN2OS. The predicted octanol–water partition coefficient (Wildman–Crippen LogP) is 4.04. The topological polar surface area (TPSA) is 38.5 Å². The number of anilines is 2. The number of halogens is 1. The van der Waals surface area contributed by atoms with Gasteiger partial charge in [0.25, 0.3) is 0 Å². The van der Waals surface area contributed by atoms with E-state index in [1.807, 2.05) is 42.1 Å². The second kappa shape index (κ2) is 6.08. The minimum atomic E-state index is 0.727. The number of nitrogens with two attached hydrogens (primary N) is 1. The molecule has 21 heavy (non-hydrogen) atoms. The Balaban J connectivity index is 1.93. The van der Waals surface area contributed by atoms with Crippen molar-refractivity contribution in [2.24, 2.45) is 0 Å². The summed E-state index contributed by atoms with van der Waals surface area (Å²) in [4.78, 5) is 3.60. The standard InChI is InChI=1S/C16H17ClN2OS/c1-20-15-4-2-12(17)8-11(15)10-19-6-7-21-16-5-3-13(18)9-14(16)19/h2-5,8-9H,6-7,10,18H2,1H3. The number of rotatable bonds is 3. The van der Waals surface area contributed by atoms with Crippen molar-refractivity contribution in [2.75, 3.05) is 30.0 Å². The molecule has 2 N–H and O–H groups in total. The van der Waals surface area contributed by atoms with E-state index in [1.54, 1.807) is 7.11 Å². The minimum absolute atomic E-state index is 0.727. The van der Waals surface area contributed by atoms with Crippen LogP contribution in [0, 0.1) is 0 Å². The van der Waals surface area contributed by atoms with Crippen LogP contribution in [0.5, 0.6) is 5.75 Å². The van der Waals surface area contributed by atoms with Crippen molar-refractivity contribution >= 4 is 34.7 Å². The molecule has 0 unspecified atom stereocenters. The average Bonchev–Trinajstić information content (AvgIpc) is 2.48. The van der Waals surface area contributed by atoms with E-state index in [-0.39, 0.29) is 0 Å². The number of hydrogen-bond acceptors (Lipinski definition) is 4. The van der Waals surface area contributed by atoms with Crippen LogP contribution in [0.25, 0.3) is 0 Å². The van der Waals surface area contributed by atoms with Gasteiger partial charge in [0.1, 0.15) is 5.75 Å². The molecule has 0 amide bonds. The van der Waals surface area contributed by atoms with Gasteiger partial charge in [0, 0.05) is 40.0 Å². The van der Waals surface area contributed by atoms with E-state index in [2.05, 4.69) is 11.0 Å². The molecule has 3 nitrogen and oxygen atoms in total. The predicted molar refractivity (Wildman–Crippen MR) is 90.6 cm³/mol. The normalized spacial score (nSPS) is 13.9. The van der Waals surface area contributed by atoms with Gasteiger partial charge in [0.15, 0.2) is 0 Å². The van der Waals surface area contributed by atoms with Gasteiger partial charge >= 0.3 is 0 Å². The summed E-state index contributed by atoms with van der Waals surface area (Å²) in [6.07, 6.45) is 0. The molecule has 110 valence electrons. The Morgan fingerprint density at radius 3 is 2.95 bits per heavy atom. The van der Waals surface area contributed by atoms with Crippen LogP contribution in [-0.2, 0) is 6.54 Å². The number of ether oxygens (including phenoxy) is 1. The molecule has 3 rings (SSSR count). The maximum Gasteiger partial charge on any atom is 0.123 e. The molecule has 1 heterocycles. The Labute approximate surface area is 134 Å². The number of thioether (sulfide) groups is 1. The van der Waals surface area contributed by atoms with E-state index in [0.29, 0.717) is 0 Å². The van der Waals surface area contributed by atoms with Crippen LogP contribution in [0.1, 0.15) is 5.56 Å². The molecule has 0 aromatic heterocycles. The highest BCUT2D eigenvalue weighted by atomic mass is 35.5. The molecule has 5 heteroatoms. The van der Waals surface area contributed by atoms with Gasteiger partial charge in [-0.25, -0.2) is 0 Å². The van der Waals surface area contributed by atoms with Crippen molar-refractivity contribution in [3.05, 3.63) is 47.0 Å². The molecule has 0 radical (unpaired) electrons. The number of benzene rings is 2. The molecular weight excluding hydrogens is 304 g/mol. The molecule has 0 aliphatic carbocycles. The summed E-state index contributed by atoms with van der Waals surface area (Å²) >= 11 is 7.99. The molecule has 0 saturated heterocycles. The third-order valence-corrected chi connectivity index (χ3v) is 4.82. The molecule has 2 aromatic rings. The summed E-state index contributed by atoms with van der Waals surface area (Å²) in [6.45, 7) is 1.75. The Morgan fingerprint density at radius 2 is 2.14 bits per heavy atom. The zero-order valence-electron chi connectivity index (χ0n) is 11.8. The third kappa shape index (κ3) is 3.06. The van der Waals surface area contributed by atoms with Crippen LogP contribution in [0.4, 0.5) is 11.4 Å². The van der Waals surface area contributed by atoms with Crippen LogP contribution < -0.4 is 15.4 Å². The number of nitrogen functional groups attached to an aromatic ring is 1. The van der Waals surface area contributed by atoms with Crippen molar-refractivity contribution in [3.8, 4) is 5.75 Å². The Hall–Kier alpha value is -1.52. The summed E-state index contributed by atoms with van der Waals surface area (Å²) in [5, 5.41) is 0.727. The first kappa shape index (κ1) is 14.4. The van der Waals surface area contributed by atoms with Gasteiger partial charge in [-0.1, -0.05) is 11.6 Å². The van der Waals surface area contributed by atoms with E-state index in [0.717, 1.165) is 40.9 Å². The lowest BCUT2D eigenvalue weighted by Crippen LogP contribution is -2.28. The zero-order valence-corrected chi connectivity index (χ0v) is 13.4. The van der Waals surface area contributed by atoms with Crippen molar-refractivity contribution in [3.63, 3.8) is 0 Å². The molecule has 0 spiro atoms. The second-order valence-electron chi connectivity index (χ2n) is 4.95. The average molecular weight is 321 g/mol. The quantitative estimate of drug-likeness (QED) is 0.866. The van der Waals surface area contributed by atoms with E-state index >= 15 is 0 Å². The van der Waals surface area contributed by atoms with E-state index in [4.69, 9.17) is 22.1 Å². The monoisotopic (exact) mass is 320 g/mol. The van der Waals surface area contributed by atoms with Crippen LogP contribution in [-0.4, -0.2) is 19.4 Å². The molecule has 0 bridgehead atoms. The fraction of sp³-hybridized carbons (Fsp3) is 0.250. The molecule has 0 atom stereocenters. The molecule has 0 fully saturated rings. The smallest absolute Gasteiger partial charge is 0.123 e. The highest BCUT2D eigenvalue weighted by molar-refractivity contribution is 7.99. The zero-order chi connectivity index (χ0) is 14.8. The van der Waals surface area contributed by atoms with Gasteiger partial charge < -0.3 is 15.4 Å². The minimum Gasteiger partial charge on any atom is -0.496 e. The first-order valence-corrected chi connectivity index (χ1v) is 8.13. The highest BCUT2D eigenvalue weighted by Crippen LogP contribution is 2.37. The molecule has 2 aromatic carbocycles. The van der Waals surface area contributed by atoms with Gasteiger partial charge in [-0.15, -0.1) is 11.8 Å². The van der Waals surface area contributed by atoms with E-state index in [1.165, 1.54) is 10.6 Å². The summed E-state index contributed by atoms with van der Waals surface area (Å²) < 4.78 is 5.44. The van der Waals surface area contributed by atoms with Crippen molar-refractivity contribution in [1.29, 1.82) is 0 Å². The summed E-state index contributed by atoms with van der Waals surface area (Å²) in [5.74, 6) is 1.93. The van der Waals surface area contributed by atoms with E-state index in [9.17, 15) is 0 Å². The van der Waals surface area contributed by atoms with Gasteiger partial charge in [-0.2, -0.15) is 0 Å². The van der Waals surface area contributed by atoms with Crippen LogP contribution in [0.15, 0.2) is 41.3 Å². The van der Waals surface area contributed by atoms with Crippen LogP contribution in [0.3, 0.4) is 0 Å². The second-order valence-corrected chi connectivity index (χ2v) is 6.53. The number of hydrogen-bond donors (Lipinski definition) is 1. The van der Waals surface area contributed by atoms with Crippen LogP contribution >= 0.6 is 23.4 Å². The fourth-order valence-electron chi connectivity index (χ4n) is 2.53. The third-order valence-electron chi connectivity index (χ3n) is 3.55. The SMILES string of the molecule is COc1ccc(Cl)cc1CN1CCSc2ccc(N)cc21. The first-order valence-electron chi connectivity index (χ1n) is 6.77. The van der Waals surface area contributed by atoms with Crippen LogP contribution in [0.2, 0.25) is 5.02 Å². The lowest BCUT2D eigenvalue weighted by atomic mass is 10.1. The van der Waals surface area contributed by atoms with Crippen molar-refractivity contribution in [2.45, 2.75) is 11.4 Å². The Morgan fingerprint density at radius 1 is 1.29 bits per heavy atom. The lowest BCUT2D eigenvalue weighted by Gasteiger charge is -2.31. The molecule has 0 saturated carbocycles. The summed E-state index contributed by atoms with van der Waals surface area (Å²) in [7, 11) is 1.69. The van der Waals surface area contributed by atoms with E-state index < -0.39 is 0 Å². The molecule has 1 aliphatic heterocycles.